The van der Waals surface area contributed by atoms with E-state index in [4.69, 9.17) is 0 Å². The molecule has 100 valence electrons. The Hall–Kier alpha value is -2.48. The zero-order chi connectivity index (χ0) is 13.7. The standard InChI is InChI=1S/C11H14N6O2/c1-7(18)8-3-2-4-9(5-8)13-11(19)12-6-10-14-16-17-15-10/h2-5,7,18H,6H2,1H3,(H2,12,13,19)(H,14,15,16,17). The average molecular weight is 262 g/mol. The third-order valence-corrected chi connectivity index (χ3v) is 2.42. The Morgan fingerprint density at radius 3 is 3.05 bits per heavy atom. The van der Waals surface area contributed by atoms with Crippen molar-refractivity contribution in [2.75, 3.05) is 5.32 Å². The van der Waals surface area contributed by atoms with Gasteiger partial charge in [0.1, 0.15) is 0 Å². The lowest BCUT2D eigenvalue weighted by atomic mass is 10.1. The molecule has 2 aromatic rings. The molecular weight excluding hydrogens is 248 g/mol. The Labute approximate surface area is 109 Å². The lowest BCUT2D eigenvalue weighted by Gasteiger charge is -2.09. The molecule has 1 heterocycles. The summed E-state index contributed by atoms with van der Waals surface area (Å²) in [6.07, 6.45) is -0.579. The molecule has 0 fully saturated rings. The number of nitrogens with zero attached hydrogens (tertiary/aromatic N) is 3. The summed E-state index contributed by atoms with van der Waals surface area (Å²) in [6.45, 7) is 1.84. The highest BCUT2D eigenvalue weighted by atomic mass is 16.3. The molecule has 0 radical (unpaired) electrons. The molecule has 8 heteroatoms. The van der Waals surface area contributed by atoms with Crippen LogP contribution >= 0.6 is 0 Å². The van der Waals surface area contributed by atoms with Gasteiger partial charge in [0.05, 0.1) is 12.6 Å². The number of benzene rings is 1. The van der Waals surface area contributed by atoms with Crippen molar-refractivity contribution in [2.45, 2.75) is 19.6 Å². The van der Waals surface area contributed by atoms with Crippen LogP contribution in [-0.4, -0.2) is 31.8 Å². The number of H-pyrrole nitrogens is 1. The van der Waals surface area contributed by atoms with Crippen LogP contribution < -0.4 is 10.6 Å². The minimum Gasteiger partial charge on any atom is -0.389 e. The summed E-state index contributed by atoms with van der Waals surface area (Å²) < 4.78 is 0. The molecule has 19 heavy (non-hydrogen) atoms. The lowest BCUT2D eigenvalue weighted by Crippen LogP contribution is -2.28. The summed E-state index contributed by atoms with van der Waals surface area (Å²) in [5, 5.41) is 27.8. The third kappa shape index (κ3) is 3.75. The van der Waals surface area contributed by atoms with Crippen molar-refractivity contribution >= 4 is 11.7 Å². The molecule has 1 atom stereocenters. The van der Waals surface area contributed by atoms with Gasteiger partial charge in [-0.2, -0.15) is 5.21 Å². The predicted molar refractivity (Wildman–Crippen MR) is 67.1 cm³/mol. The van der Waals surface area contributed by atoms with Gasteiger partial charge in [0.25, 0.3) is 0 Å². The number of hydrogen-bond donors (Lipinski definition) is 4. The van der Waals surface area contributed by atoms with E-state index in [0.29, 0.717) is 11.5 Å². The van der Waals surface area contributed by atoms with Crippen LogP contribution in [0.15, 0.2) is 24.3 Å². The summed E-state index contributed by atoms with van der Waals surface area (Å²) in [4.78, 5) is 11.6. The first-order valence-corrected chi connectivity index (χ1v) is 5.70. The number of aliphatic hydroxyl groups excluding tert-OH is 1. The highest BCUT2D eigenvalue weighted by molar-refractivity contribution is 5.89. The Bertz CT molecular complexity index is 540. The second kappa shape index (κ2) is 5.91. The zero-order valence-electron chi connectivity index (χ0n) is 10.3. The van der Waals surface area contributed by atoms with Gasteiger partial charge in [0.2, 0.25) is 0 Å². The van der Waals surface area contributed by atoms with E-state index in [-0.39, 0.29) is 12.6 Å². The first kappa shape index (κ1) is 13.0. The number of rotatable bonds is 4. The second-order valence-corrected chi connectivity index (χ2v) is 3.94. The van der Waals surface area contributed by atoms with Crippen LogP contribution in [0.5, 0.6) is 0 Å². The van der Waals surface area contributed by atoms with Gasteiger partial charge in [-0.3, -0.25) is 0 Å². The fraction of sp³-hybridized carbons (Fsp3) is 0.273. The molecule has 1 unspecified atom stereocenters. The summed E-state index contributed by atoms with van der Waals surface area (Å²) >= 11 is 0. The predicted octanol–water partition coefficient (Wildman–Crippen LogP) is 0.575. The van der Waals surface area contributed by atoms with E-state index < -0.39 is 6.10 Å². The SMILES string of the molecule is CC(O)c1cccc(NC(=O)NCc2nn[nH]n2)c1. The fourth-order valence-corrected chi connectivity index (χ4v) is 1.47. The minimum atomic E-state index is -0.579. The number of hydrogen-bond acceptors (Lipinski definition) is 5. The van der Waals surface area contributed by atoms with Gasteiger partial charge in [-0.25, -0.2) is 4.79 Å². The van der Waals surface area contributed by atoms with Crippen molar-refractivity contribution in [3.8, 4) is 0 Å². The van der Waals surface area contributed by atoms with Gasteiger partial charge in [-0.05, 0) is 24.6 Å². The van der Waals surface area contributed by atoms with Crippen LogP contribution in [0.3, 0.4) is 0 Å². The maximum absolute atomic E-state index is 11.6. The summed E-state index contributed by atoms with van der Waals surface area (Å²) in [6, 6.07) is 6.61. The number of tetrazole rings is 1. The van der Waals surface area contributed by atoms with Crippen molar-refractivity contribution in [3.63, 3.8) is 0 Å². The van der Waals surface area contributed by atoms with E-state index in [2.05, 4.69) is 31.3 Å². The second-order valence-electron chi connectivity index (χ2n) is 3.94. The maximum Gasteiger partial charge on any atom is 0.319 e. The molecule has 2 rings (SSSR count). The molecule has 0 aliphatic carbocycles. The number of urea groups is 1. The molecule has 0 aliphatic rings. The molecule has 2 amide bonds. The van der Waals surface area contributed by atoms with E-state index in [9.17, 15) is 9.90 Å². The molecule has 8 nitrogen and oxygen atoms in total. The summed E-state index contributed by atoms with van der Waals surface area (Å²) in [7, 11) is 0. The van der Waals surface area contributed by atoms with E-state index >= 15 is 0 Å². The highest BCUT2D eigenvalue weighted by Crippen LogP contribution is 2.16. The van der Waals surface area contributed by atoms with E-state index in [1.807, 2.05) is 0 Å². The van der Waals surface area contributed by atoms with Gasteiger partial charge >= 0.3 is 6.03 Å². The highest BCUT2D eigenvalue weighted by Gasteiger charge is 2.06. The number of carbonyl (C=O) groups excluding carboxylic acids is 1. The van der Waals surface area contributed by atoms with Gasteiger partial charge in [0, 0.05) is 5.69 Å². The maximum atomic E-state index is 11.6. The molecular formula is C11H14N6O2. The quantitative estimate of drug-likeness (QED) is 0.643. The van der Waals surface area contributed by atoms with Crippen molar-refractivity contribution in [1.82, 2.24) is 25.9 Å². The first-order valence-electron chi connectivity index (χ1n) is 5.70. The molecule has 0 aliphatic heterocycles. The van der Waals surface area contributed by atoms with Crippen LogP contribution in [-0.2, 0) is 6.54 Å². The number of carbonyl (C=O) groups is 1. The van der Waals surface area contributed by atoms with Crippen LogP contribution in [0.1, 0.15) is 24.4 Å². The molecule has 1 aromatic heterocycles. The van der Waals surface area contributed by atoms with Crippen LogP contribution in [0.4, 0.5) is 10.5 Å². The van der Waals surface area contributed by atoms with Crippen LogP contribution in [0.2, 0.25) is 0 Å². The van der Waals surface area contributed by atoms with Crippen molar-refractivity contribution < 1.29 is 9.90 Å². The molecule has 0 bridgehead atoms. The minimum absolute atomic E-state index is 0.179. The number of nitrogens with one attached hydrogen (secondary N) is 3. The van der Waals surface area contributed by atoms with Gasteiger partial charge < -0.3 is 15.7 Å². The number of aliphatic hydroxyl groups is 1. The number of aromatic nitrogens is 4. The number of amides is 2. The lowest BCUT2D eigenvalue weighted by molar-refractivity contribution is 0.199. The van der Waals surface area contributed by atoms with Crippen LogP contribution in [0.25, 0.3) is 0 Å². The Balaban J connectivity index is 1.89. The van der Waals surface area contributed by atoms with Crippen molar-refractivity contribution in [3.05, 3.63) is 35.7 Å². The molecule has 1 aromatic carbocycles. The summed E-state index contributed by atoms with van der Waals surface area (Å²) in [5.74, 6) is 0.396. The van der Waals surface area contributed by atoms with E-state index in [1.54, 1.807) is 31.2 Å². The smallest absolute Gasteiger partial charge is 0.319 e. The molecule has 0 saturated carbocycles. The number of aromatic amines is 1. The van der Waals surface area contributed by atoms with Crippen molar-refractivity contribution in [2.24, 2.45) is 0 Å². The first-order chi connectivity index (χ1) is 9.15. The summed E-state index contributed by atoms with van der Waals surface area (Å²) in [5.41, 5.74) is 1.33. The third-order valence-electron chi connectivity index (χ3n) is 2.42. The Morgan fingerprint density at radius 2 is 2.37 bits per heavy atom. The van der Waals surface area contributed by atoms with Crippen molar-refractivity contribution in [1.29, 1.82) is 0 Å². The van der Waals surface area contributed by atoms with Gasteiger partial charge in [0.15, 0.2) is 5.82 Å². The zero-order valence-corrected chi connectivity index (χ0v) is 10.3. The monoisotopic (exact) mass is 262 g/mol. The van der Waals surface area contributed by atoms with E-state index in [1.165, 1.54) is 0 Å². The largest absolute Gasteiger partial charge is 0.389 e. The van der Waals surface area contributed by atoms with Crippen LogP contribution in [0, 0.1) is 0 Å². The Kier molecular flexibility index (Phi) is 4.04. The molecule has 0 spiro atoms. The van der Waals surface area contributed by atoms with Gasteiger partial charge in [-0.1, -0.05) is 17.3 Å². The number of anilines is 1. The van der Waals surface area contributed by atoms with E-state index in [0.717, 1.165) is 5.56 Å². The van der Waals surface area contributed by atoms with Gasteiger partial charge in [-0.15, -0.1) is 10.2 Å². The topological polar surface area (TPSA) is 116 Å². The fourth-order valence-electron chi connectivity index (χ4n) is 1.47. The molecule has 4 N–H and O–H groups in total. The normalized spacial score (nSPS) is 11.9. The molecule has 0 saturated heterocycles. The average Bonchev–Trinajstić information content (AvgIpc) is 2.90. The Morgan fingerprint density at radius 1 is 1.53 bits per heavy atom.